The highest BCUT2D eigenvalue weighted by molar-refractivity contribution is 5.81. The SMILES string of the molecule is CC(C)n1ncc2cc(N)ccc21. The van der Waals surface area contributed by atoms with Gasteiger partial charge in [0.05, 0.1) is 11.7 Å². The second kappa shape index (κ2) is 2.76. The van der Waals surface area contributed by atoms with Crippen molar-refractivity contribution in [1.29, 1.82) is 0 Å². The number of benzene rings is 1. The highest BCUT2D eigenvalue weighted by Gasteiger charge is 2.04. The van der Waals surface area contributed by atoms with E-state index in [1.54, 1.807) is 0 Å². The first kappa shape index (κ1) is 8.10. The van der Waals surface area contributed by atoms with Crippen molar-refractivity contribution in [3.8, 4) is 0 Å². The van der Waals surface area contributed by atoms with Crippen LogP contribution in [0.2, 0.25) is 0 Å². The summed E-state index contributed by atoms with van der Waals surface area (Å²) < 4.78 is 1.99. The maximum Gasteiger partial charge on any atom is 0.0686 e. The number of rotatable bonds is 1. The van der Waals surface area contributed by atoms with E-state index in [2.05, 4.69) is 18.9 Å². The van der Waals surface area contributed by atoms with Gasteiger partial charge in [0.2, 0.25) is 0 Å². The fraction of sp³-hybridized carbons (Fsp3) is 0.300. The Morgan fingerprint density at radius 3 is 2.85 bits per heavy atom. The molecule has 0 unspecified atom stereocenters. The molecular weight excluding hydrogens is 162 g/mol. The molecule has 13 heavy (non-hydrogen) atoms. The predicted molar refractivity (Wildman–Crippen MR) is 54.5 cm³/mol. The normalized spacial score (nSPS) is 11.3. The molecule has 1 aromatic carbocycles. The summed E-state index contributed by atoms with van der Waals surface area (Å²) in [5, 5.41) is 5.40. The number of anilines is 1. The van der Waals surface area contributed by atoms with E-state index in [1.807, 2.05) is 29.1 Å². The van der Waals surface area contributed by atoms with Gasteiger partial charge in [-0.2, -0.15) is 5.10 Å². The van der Waals surface area contributed by atoms with E-state index in [0.29, 0.717) is 6.04 Å². The molecule has 1 heterocycles. The van der Waals surface area contributed by atoms with E-state index in [0.717, 1.165) is 16.6 Å². The second-order valence-corrected chi connectivity index (χ2v) is 3.50. The van der Waals surface area contributed by atoms with Gasteiger partial charge in [-0.3, -0.25) is 4.68 Å². The molecule has 0 aliphatic rings. The summed E-state index contributed by atoms with van der Waals surface area (Å²) in [4.78, 5) is 0. The third kappa shape index (κ3) is 1.26. The average molecular weight is 175 g/mol. The molecular formula is C10H13N3. The van der Waals surface area contributed by atoms with Crippen LogP contribution in [0.1, 0.15) is 19.9 Å². The number of fused-ring (bicyclic) bond motifs is 1. The predicted octanol–water partition coefficient (Wildman–Crippen LogP) is 2.20. The van der Waals surface area contributed by atoms with Crippen LogP contribution < -0.4 is 5.73 Å². The summed E-state index contributed by atoms with van der Waals surface area (Å²) in [5.74, 6) is 0. The molecule has 2 rings (SSSR count). The fourth-order valence-corrected chi connectivity index (χ4v) is 1.48. The molecule has 2 aromatic rings. The van der Waals surface area contributed by atoms with Crippen LogP contribution in [0.15, 0.2) is 24.4 Å². The lowest BCUT2D eigenvalue weighted by Gasteiger charge is -2.06. The Hall–Kier alpha value is -1.51. The van der Waals surface area contributed by atoms with Crippen LogP contribution in [0, 0.1) is 0 Å². The molecule has 0 amide bonds. The minimum atomic E-state index is 0.390. The van der Waals surface area contributed by atoms with Crippen molar-refractivity contribution < 1.29 is 0 Å². The number of aromatic nitrogens is 2. The lowest BCUT2D eigenvalue weighted by molar-refractivity contribution is 0.551. The first-order valence-corrected chi connectivity index (χ1v) is 4.41. The van der Waals surface area contributed by atoms with Crippen LogP contribution in [0.3, 0.4) is 0 Å². The van der Waals surface area contributed by atoms with Crippen LogP contribution in [-0.2, 0) is 0 Å². The van der Waals surface area contributed by atoms with E-state index in [-0.39, 0.29) is 0 Å². The summed E-state index contributed by atoms with van der Waals surface area (Å²) in [6, 6.07) is 6.25. The van der Waals surface area contributed by atoms with Crippen molar-refractivity contribution >= 4 is 16.6 Å². The summed E-state index contributed by atoms with van der Waals surface area (Å²) in [6.45, 7) is 4.23. The molecule has 0 aliphatic heterocycles. The van der Waals surface area contributed by atoms with Crippen molar-refractivity contribution in [3.05, 3.63) is 24.4 Å². The Balaban J connectivity index is 2.69. The Kier molecular flexibility index (Phi) is 1.72. The van der Waals surface area contributed by atoms with Gasteiger partial charge in [0, 0.05) is 17.1 Å². The summed E-state index contributed by atoms with van der Waals surface area (Å²) >= 11 is 0. The van der Waals surface area contributed by atoms with Crippen LogP contribution in [0.5, 0.6) is 0 Å². The van der Waals surface area contributed by atoms with Gasteiger partial charge in [-0.25, -0.2) is 0 Å². The Morgan fingerprint density at radius 2 is 2.15 bits per heavy atom. The van der Waals surface area contributed by atoms with Gasteiger partial charge in [-0.1, -0.05) is 0 Å². The zero-order valence-electron chi connectivity index (χ0n) is 7.86. The van der Waals surface area contributed by atoms with Crippen LogP contribution >= 0.6 is 0 Å². The van der Waals surface area contributed by atoms with E-state index < -0.39 is 0 Å². The van der Waals surface area contributed by atoms with Gasteiger partial charge in [-0.05, 0) is 32.0 Å². The third-order valence-corrected chi connectivity index (χ3v) is 2.11. The summed E-state index contributed by atoms with van der Waals surface area (Å²) in [5.41, 5.74) is 7.60. The van der Waals surface area contributed by atoms with Crippen molar-refractivity contribution in [2.45, 2.75) is 19.9 Å². The second-order valence-electron chi connectivity index (χ2n) is 3.50. The van der Waals surface area contributed by atoms with Gasteiger partial charge >= 0.3 is 0 Å². The van der Waals surface area contributed by atoms with E-state index >= 15 is 0 Å². The molecule has 0 saturated carbocycles. The van der Waals surface area contributed by atoms with Crippen LogP contribution in [-0.4, -0.2) is 9.78 Å². The van der Waals surface area contributed by atoms with Crippen LogP contribution in [0.25, 0.3) is 10.9 Å². The highest BCUT2D eigenvalue weighted by Crippen LogP contribution is 2.19. The molecule has 0 radical (unpaired) electrons. The number of hydrogen-bond acceptors (Lipinski definition) is 2. The molecule has 68 valence electrons. The van der Waals surface area contributed by atoms with Crippen molar-refractivity contribution in [3.63, 3.8) is 0 Å². The number of nitrogen functional groups attached to an aromatic ring is 1. The minimum Gasteiger partial charge on any atom is -0.399 e. The molecule has 3 nitrogen and oxygen atoms in total. The first-order valence-electron chi connectivity index (χ1n) is 4.41. The topological polar surface area (TPSA) is 43.8 Å². The number of nitrogens with two attached hydrogens (primary N) is 1. The third-order valence-electron chi connectivity index (χ3n) is 2.11. The van der Waals surface area contributed by atoms with Crippen molar-refractivity contribution in [2.75, 3.05) is 5.73 Å². The summed E-state index contributed by atoms with van der Waals surface area (Å²) in [6.07, 6.45) is 1.85. The van der Waals surface area contributed by atoms with Crippen molar-refractivity contribution in [2.24, 2.45) is 0 Å². The Bertz CT molecular complexity index is 429. The fourth-order valence-electron chi connectivity index (χ4n) is 1.48. The molecule has 3 heteroatoms. The Labute approximate surface area is 77.2 Å². The molecule has 2 N–H and O–H groups in total. The summed E-state index contributed by atoms with van der Waals surface area (Å²) in [7, 11) is 0. The molecule has 0 aliphatic carbocycles. The van der Waals surface area contributed by atoms with E-state index in [9.17, 15) is 0 Å². The average Bonchev–Trinajstić information content (AvgIpc) is 2.46. The van der Waals surface area contributed by atoms with Gasteiger partial charge in [0.1, 0.15) is 0 Å². The lowest BCUT2D eigenvalue weighted by Crippen LogP contribution is -2.01. The smallest absolute Gasteiger partial charge is 0.0686 e. The lowest BCUT2D eigenvalue weighted by atomic mass is 10.2. The maximum absolute atomic E-state index is 5.67. The number of nitrogens with zero attached hydrogens (tertiary/aromatic N) is 2. The minimum absolute atomic E-state index is 0.390. The molecule has 1 aromatic heterocycles. The molecule has 0 fully saturated rings. The van der Waals surface area contributed by atoms with Crippen molar-refractivity contribution in [1.82, 2.24) is 9.78 Å². The van der Waals surface area contributed by atoms with Gasteiger partial charge in [0.15, 0.2) is 0 Å². The molecule has 0 saturated heterocycles. The Morgan fingerprint density at radius 1 is 1.38 bits per heavy atom. The molecule has 0 atom stereocenters. The van der Waals surface area contributed by atoms with Gasteiger partial charge < -0.3 is 5.73 Å². The number of hydrogen-bond donors (Lipinski definition) is 1. The molecule has 0 spiro atoms. The zero-order chi connectivity index (χ0) is 9.42. The highest BCUT2D eigenvalue weighted by atomic mass is 15.3. The quantitative estimate of drug-likeness (QED) is 0.675. The molecule has 0 bridgehead atoms. The zero-order valence-corrected chi connectivity index (χ0v) is 7.86. The van der Waals surface area contributed by atoms with Gasteiger partial charge in [-0.15, -0.1) is 0 Å². The largest absolute Gasteiger partial charge is 0.399 e. The first-order chi connectivity index (χ1) is 6.18. The van der Waals surface area contributed by atoms with E-state index in [1.165, 1.54) is 0 Å². The standard InChI is InChI=1S/C10H13N3/c1-7(2)13-10-4-3-9(11)5-8(10)6-12-13/h3-7H,11H2,1-2H3. The van der Waals surface area contributed by atoms with Gasteiger partial charge in [0.25, 0.3) is 0 Å². The monoisotopic (exact) mass is 175 g/mol. The van der Waals surface area contributed by atoms with Crippen LogP contribution in [0.4, 0.5) is 5.69 Å². The maximum atomic E-state index is 5.67. The van der Waals surface area contributed by atoms with E-state index in [4.69, 9.17) is 5.73 Å².